The summed E-state index contributed by atoms with van der Waals surface area (Å²) in [7, 11) is 0. The molecule has 0 N–H and O–H groups in total. The first-order valence-electron chi connectivity index (χ1n) is 8.59. The molecule has 3 aliphatic rings. The highest BCUT2D eigenvalue weighted by molar-refractivity contribution is 5.78. The highest BCUT2D eigenvalue weighted by Gasteiger charge is 2.43. The molecule has 2 aliphatic heterocycles. The van der Waals surface area contributed by atoms with Crippen molar-refractivity contribution in [2.75, 3.05) is 10.1 Å². The predicted octanol–water partition coefficient (Wildman–Crippen LogP) is 2.14. The van der Waals surface area contributed by atoms with E-state index in [0.29, 0.717) is 17.7 Å². The van der Waals surface area contributed by atoms with E-state index in [1.54, 1.807) is 22.4 Å². The van der Waals surface area contributed by atoms with Crippen LogP contribution >= 0.6 is 0 Å². The van der Waals surface area contributed by atoms with Crippen LogP contribution < -0.4 is 10.1 Å². The number of fused-ring (bicyclic) bond motifs is 6. The normalized spacial score (nSPS) is 25.2. The Morgan fingerprint density at radius 2 is 2.04 bits per heavy atom. The SMILES string of the molecule is CC1CC1c1cnnn1N1C=NC2c3ccccc3-n3c(cnc3F)N21. The van der Waals surface area contributed by atoms with E-state index in [0.717, 1.165) is 23.4 Å². The molecule has 6 rings (SSSR count). The second kappa shape index (κ2) is 4.69. The van der Waals surface area contributed by atoms with Gasteiger partial charge in [0.25, 0.3) is 6.08 Å². The molecule has 2 aromatic heterocycles. The Morgan fingerprint density at radius 1 is 1.19 bits per heavy atom. The van der Waals surface area contributed by atoms with Gasteiger partial charge in [0.05, 0.1) is 23.8 Å². The van der Waals surface area contributed by atoms with Gasteiger partial charge in [-0.2, -0.15) is 9.51 Å². The van der Waals surface area contributed by atoms with Crippen molar-refractivity contribution in [3.05, 3.63) is 54.0 Å². The van der Waals surface area contributed by atoms with Crippen molar-refractivity contribution < 1.29 is 4.39 Å². The summed E-state index contributed by atoms with van der Waals surface area (Å²) in [6.45, 7) is 2.21. The number of hydrogen-bond acceptors (Lipinski definition) is 6. The molecule has 9 heteroatoms. The van der Waals surface area contributed by atoms with Crippen molar-refractivity contribution in [2.24, 2.45) is 10.9 Å². The molecule has 0 bridgehead atoms. The van der Waals surface area contributed by atoms with Crippen molar-refractivity contribution in [2.45, 2.75) is 25.4 Å². The lowest BCUT2D eigenvalue weighted by Gasteiger charge is -2.37. The minimum absolute atomic E-state index is 0.288. The number of halogens is 1. The fourth-order valence-corrected chi connectivity index (χ4v) is 3.93. The van der Waals surface area contributed by atoms with Crippen molar-refractivity contribution >= 4 is 12.2 Å². The summed E-state index contributed by atoms with van der Waals surface area (Å²) in [4.78, 5) is 10.3. The summed E-state index contributed by atoms with van der Waals surface area (Å²) in [6.07, 6.45) is 5.32. The maximum atomic E-state index is 14.4. The van der Waals surface area contributed by atoms with Crippen LogP contribution in [0.3, 0.4) is 0 Å². The van der Waals surface area contributed by atoms with Gasteiger partial charge in [-0.1, -0.05) is 25.1 Å². The van der Waals surface area contributed by atoms with Crippen LogP contribution in [0.1, 0.15) is 36.7 Å². The van der Waals surface area contributed by atoms with Gasteiger partial charge in [-0.3, -0.25) is 4.57 Å². The highest BCUT2D eigenvalue weighted by atomic mass is 19.1. The minimum Gasteiger partial charge on any atom is -0.253 e. The molecule has 0 saturated heterocycles. The second-order valence-electron chi connectivity index (χ2n) is 6.95. The minimum atomic E-state index is -0.549. The summed E-state index contributed by atoms with van der Waals surface area (Å²) >= 11 is 0. The first-order chi connectivity index (χ1) is 12.7. The number of imidazole rings is 1. The fraction of sp³-hybridized carbons (Fsp3) is 0.294. The molecule has 26 heavy (non-hydrogen) atoms. The number of nitrogens with zero attached hydrogens (tertiary/aromatic N) is 8. The van der Waals surface area contributed by atoms with E-state index in [1.807, 2.05) is 29.3 Å². The molecule has 0 radical (unpaired) electrons. The molecule has 3 unspecified atom stereocenters. The van der Waals surface area contributed by atoms with E-state index < -0.39 is 6.08 Å². The van der Waals surface area contributed by atoms with Gasteiger partial charge in [0.15, 0.2) is 12.0 Å². The van der Waals surface area contributed by atoms with Gasteiger partial charge in [0.2, 0.25) is 0 Å². The molecule has 4 heterocycles. The molecule has 3 atom stereocenters. The molecule has 3 aromatic rings. The second-order valence-corrected chi connectivity index (χ2v) is 6.95. The fourth-order valence-electron chi connectivity index (χ4n) is 3.93. The Hall–Kier alpha value is -3.23. The lowest BCUT2D eigenvalue weighted by atomic mass is 10.1. The molecule has 1 aliphatic carbocycles. The number of aliphatic imine (C=N–C) groups is 1. The number of rotatable bonds is 2. The van der Waals surface area contributed by atoms with E-state index in [2.05, 4.69) is 27.2 Å². The van der Waals surface area contributed by atoms with Crippen LogP contribution in [-0.4, -0.2) is 31.0 Å². The summed E-state index contributed by atoms with van der Waals surface area (Å²) in [5.41, 5.74) is 2.71. The lowest BCUT2D eigenvalue weighted by Crippen LogP contribution is -2.50. The van der Waals surface area contributed by atoms with Gasteiger partial charge in [0.1, 0.15) is 6.34 Å². The third kappa shape index (κ3) is 1.67. The maximum Gasteiger partial charge on any atom is 0.295 e. The number of aromatic nitrogens is 5. The Kier molecular flexibility index (Phi) is 2.52. The molecule has 1 aromatic carbocycles. The zero-order valence-electron chi connectivity index (χ0n) is 13.9. The van der Waals surface area contributed by atoms with Crippen LogP contribution in [0.5, 0.6) is 0 Å². The first kappa shape index (κ1) is 14.0. The third-order valence-electron chi connectivity index (χ3n) is 5.40. The Bertz CT molecular complexity index is 1050. The molecule has 130 valence electrons. The van der Waals surface area contributed by atoms with Crippen molar-refractivity contribution in [3.63, 3.8) is 0 Å². The Balaban J connectivity index is 1.52. The number of anilines is 1. The third-order valence-corrected chi connectivity index (χ3v) is 5.40. The van der Waals surface area contributed by atoms with Crippen LogP contribution in [-0.2, 0) is 0 Å². The zero-order valence-corrected chi connectivity index (χ0v) is 13.9. The Labute approximate surface area is 148 Å². The van der Waals surface area contributed by atoms with Crippen LogP contribution in [0, 0.1) is 12.0 Å². The summed E-state index contributed by atoms with van der Waals surface area (Å²) in [6, 6.07) is 7.66. The quantitative estimate of drug-likeness (QED) is 0.708. The molecule has 1 fully saturated rings. The van der Waals surface area contributed by atoms with Crippen molar-refractivity contribution in [1.82, 2.24) is 24.7 Å². The van der Waals surface area contributed by atoms with Crippen LogP contribution in [0.4, 0.5) is 10.2 Å². The molecule has 1 saturated carbocycles. The first-order valence-corrected chi connectivity index (χ1v) is 8.59. The van der Waals surface area contributed by atoms with Gasteiger partial charge < -0.3 is 0 Å². The summed E-state index contributed by atoms with van der Waals surface area (Å²) in [5.74, 6) is 1.66. The van der Waals surface area contributed by atoms with Crippen LogP contribution in [0.25, 0.3) is 5.69 Å². The van der Waals surface area contributed by atoms with Crippen molar-refractivity contribution in [3.8, 4) is 5.69 Å². The lowest BCUT2D eigenvalue weighted by molar-refractivity contribution is 0.491. The number of para-hydroxylation sites is 1. The standard InChI is InChI=1S/C17H15FN8/c1-10-6-12(10)14-7-21-22-26(14)23-9-20-16-11-4-2-3-5-13(11)24-15(25(16)23)8-19-17(24)18/h2-5,7-10,12,16H,6H2,1H3. The molecule has 0 spiro atoms. The van der Waals surface area contributed by atoms with E-state index >= 15 is 0 Å². The largest absolute Gasteiger partial charge is 0.295 e. The molecular formula is C17H15FN8. The topological polar surface area (TPSA) is 67.4 Å². The number of hydrogen-bond donors (Lipinski definition) is 0. The predicted molar refractivity (Wildman–Crippen MR) is 92.0 cm³/mol. The number of benzene rings is 1. The number of hydrazine groups is 1. The zero-order chi connectivity index (χ0) is 17.4. The van der Waals surface area contributed by atoms with Gasteiger partial charge in [0, 0.05) is 11.5 Å². The van der Waals surface area contributed by atoms with E-state index in [1.165, 1.54) is 10.8 Å². The van der Waals surface area contributed by atoms with Crippen LogP contribution in [0.2, 0.25) is 0 Å². The average molecular weight is 350 g/mol. The van der Waals surface area contributed by atoms with E-state index in [-0.39, 0.29) is 6.17 Å². The van der Waals surface area contributed by atoms with E-state index in [9.17, 15) is 4.39 Å². The molecular weight excluding hydrogens is 335 g/mol. The van der Waals surface area contributed by atoms with Gasteiger partial charge in [-0.25, -0.2) is 15.0 Å². The Morgan fingerprint density at radius 3 is 2.88 bits per heavy atom. The van der Waals surface area contributed by atoms with E-state index in [4.69, 9.17) is 0 Å². The monoisotopic (exact) mass is 350 g/mol. The van der Waals surface area contributed by atoms with Crippen molar-refractivity contribution in [1.29, 1.82) is 0 Å². The summed E-state index contributed by atoms with van der Waals surface area (Å²) in [5, 5.41) is 12.0. The highest BCUT2D eigenvalue weighted by Crippen LogP contribution is 2.47. The summed E-state index contributed by atoms with van der Waals surface area (Å²) < 4.78 is 15.9. The molecule has 0 amide bonds. The van der Waals surface area contributed by atoms with Gasteiger partial charge in [-0.15, -0.1) is 9.89 Å². The smallest absolute Gasteiger partial charge is 0.253 e. The van der Waals surface area contributed by atoms with Gasteiger partial charge >= 0.3 is 0 Å². The molecule has 8 nitrogen and oxygen atoms in total. The maximum absolute atomic E-state index is 14.4. The van der Waals surface area contributed by atoms with Gasteiger partial charge in [-0.05, 0) is 23.6 Å². The average Bonchev–Trinajstić information content (AvgIpc) is 3.05. The van der Waals surface area contributed by atoms with Crippen LogP contribution in [0.15, 0.2) is 41.7 Å².